The number of benzene rings is 1. The van der Waals surface area contributed by atoms with Crippen LogP contribution in [-0.4, -0.2) is 53.6 Å². The van der Waals surface area contributed by atoms with Gasteiger partial charge in [0.25, 0.3) is 0 Å². The monoisotopic (exact) mass is 344 g/mol. The molecule has 1 unspecified atom stereocenters. The standard InChI is InChI=1S/C18H24N4O3/c1-21(14-17-7-3-11-24-17)18(23)20-15-5-2-6-16(13-15)25-12-10-22-9-4-8-19-22/h2,4-6,8-9,13,17H,3,7,10-12,14H2,1H3,(H,20,23). The number of carbonyl (C=O) groups is 1. The summed E-state index contributed by atoms with van der Waals surface area (Å²) in [5.74, 6) is 0.715. The molecule has 2 heterocycles. The number of likely N-dealkylation sites (N-methyl/N-ethyl adjacent to an activating group) is 1. The zero-order valence-corrected chi connectivity index (χ0v) is 14.4. The molecule has 2 aromatic rings. The summed E-state index contributed by atoms with van der Waals surface area (Å²) in [4.78, 5) is 13.9. The van der Waals surface area contributed by atoms with E-state index in [1.54, 1.807) is 18.1 Å². The number of rotatable bonds is 7. The number of hydrogen-bond donors (Lipinski definition) is 1. The molecule has 7 nitrogen and oxygen atoms in total. The van der Waals surface area contributed by atoms with Crippen LogP contribution in [-0.2, 0) is 11.3 Å². The molecule has 1 saturated heterocycles. The van der Waals surface area contributed by atoms with E-state index in [1.807, 2.05) is 41.2 Å². The Hall–Kier alpha value is -2.54. The predicted octanol–water partition coefficient (Wildman–Crippen LogP) is 2.60. The number of urea groups is 1. The van der Waals surface area contributed by atoms with Gasteiger partial charge in [-0.3, -0.25) is 4.68 Å². The third-order valence-electron chi connectivity index (χ3n) is 4.08. The van der Waals surface area contributed by atoms with Crippen molar-refractivity contribution in [2.45, 2.75) is 25.5 Å². The molecule has 0 spiro atoms. The highest BCUT2D eigenvalue weighted by Gasteiger charge is 2.20. The zero-order valence-electron chi connectivity index (χ0n) is 14.4. The minimum absolute atomic E-state index is 0.146. The molecular weight excluding hydrogens is 320 g/mol. The Morgan fingerprint density at radius 2 is 2.40 bits per heavy atom. The van der Waals surface area contributed by atoms with Crippen LogP contribution in [0.5, 0.6) is 5.75 Å². The number of hydrogen-bond acceptors (Lipinski definition) is 4. The summed E-state index contributed by atoms with van der Waals surface area (Å²) >= 11 is 0. The minimum atomic E-state index is -0.149. The van der Waals surface area contributed by atoms with Crippen molar-refractivity contribution in [2.75, 3.05) is 32.1 Å². The van der Waals surface area contributed by atoms with E-state index >= 15 is 0 Å². The van der Waals surface area contributed by atoms with Gasteiger partial charge in [-0.25, -0.2) is 4.79 Å². The second-order valence-corrected chi connectivity index (χ2v) is 6.09. The Morgan fingerprint density at radius 3 is 3.16 bits per heavy atom. The van der Waals surface area contributed by atoms with Crippen molar-refractivity contribution in [3.8, 4) is 5.75 Å². The normalized spacial score (nSPS) is 16.6. The van der Waals surface area contributed by atoms with Crippen molar-refractivity contribution in [3.05, 3.63) is 42.7 Å². The second kappa shape index (κ2) is 8.53. The molecule has 134 valence electrons. The maximum absolute atomic E-state index is 12.3. The van der Waals surface area contributed by atoms with Gasteiger partial charge in [0.15, 0.2) is 0 Å². The third-order valence-corrected chi connectivity index (χ3v) is 4.08. The van der Waals surface area contributed by atoms with Gasteiger partial charge in [0, 0.05) is 44.3 Å². The Morgan fingerprint density at radius 1 is 1.48 bits per heavy atom. The lowest BCUT2D eigenvalue weighted by atomic mass is 10.2. The molecule has 1 aromatic heterocycles. The number of carbonyl (C=O) groups excluding carboxylic acids is 1. The van der Waals surface area contributed by atoms with E-state index in [-0.39, 0.29) is 12.1 Å². The number of amides is 2. The van der Waals surface area contributed by atoms with Gasteiger partial charge in [0.2, 0.25) is 0 Å². The van der Waals surface area contributed by atoms with Crippen LogP contribution < -0.4 is 10.1 Å². The number of anilines is 1. The fourth-order valence-electron chi connectivity index (χ4n) is 2.75. The van der Waals surface area contributed by atoms with Crippen LogP contribution in [0.1, 0.15) is 12.8 Å². The van der Waals surface area contributed by atoms with Crippen LogP contribution in [0.25, 0.3) is 0 Å². The van der Waals surface area contributed by atoms with E-state index in [9.17, 15) is 4.79 Å². The second-order valence-electron chi connectivity index (χ2n) is 6.09. The average Bonchev–Trinajstić information content (AvgIpc) is 3.29. The molecular formula is C18H24N4O3. The van der Waals surface area contributed by atoms with Crippen molar-refractivity contribution in [1.82, 2.24) is 14.7 Å². The van der Waals surface area contributed by atoms with Gasteiger partial charge < -0.3 is 19.7 Å². The summed E-state index contributed by atoms with van der Waals surface area (Å²) in [6, 6.07) is 9.13. The number of nitrogens with zero attached hydrogens (tertiary/aromatic N) is 3. The lowest BCUT2D eigenvalue weighted by molar-refractivity contribution is 0.0894. The molecule has 1 aliphatic heterocycles. The molecule has 2 amide bonds. The summed E-state index contributed by atoms with van der Waals surface area (Å²) in [6.07, 6.45) is 5.86. The SMILES string of the molecule is CN(CC1CCCO1)C(=O)Nc1cccc(OCCn2cccn2)c1. The fraction of sp³-hybridized carbons (Fsp3) is 0.444. The molecule has 0 saturated carbocycles. The van der Waals surface area contributed by atoms with Gasteiger partial charge in [0.05, 0.1) is 12.6 Å². The molecule has 0 aliphatic carbocycles. The van der Waals surface area contributed by atoms with Crippen LogP contribution in [0, 0.1) is 0 Å². The Bertz CT molecular complexity index is 669. The summed E-state index contributed by atoms with van der Waals surface area (Å²) in [5.41, 5.74) is 0.709. The lowest BCUT2D eigenvalue weighted by Crippen LogP contribution is -2.37. The van der Waals surface area contributed by atoms with Crippen LogP contribution in [0.2, 0.25) is 0 Å². The van der Waals surface area contributed by atoms with Gasteiger partial charge in [-0.2, -0.15) is 5.10 Å². The summed E-state index contributed by atoms with van der Waals surface area (Å²) < 4.78 is 13.1. The van der Waals surface area contributed by atoms with E-state index in [0.29, 0.717) is 31.1 Å². The van der Waals surface area contributed by atoms with Gasteiger partial charge in [-0.1, -0.05) is 6.07 Å². The number of ether oxygens (including phenoxy) is 2. The predicted molar refractivity (Wildman–Crippen MR) is 94.8 cm³/mol. The summed E-state index contributed by atoms with van der Waals surface area (Å²) in [5, 5.41) is 7.02. The van der Waals surface area contributed by atoms with E-state index in [1.165, 1.54) is 0 Å². The highest BCUT2D eigenvalue weighted by molar-refractivity contribution is 5.89. The smallest absolute Gasteiger partial charge is 0.321 e. The first-order chi connectivity index (χ1) is 12.2. The average molecular weight is 344 g/mol. The van der Waals surface area contributed by atoms with Crippen molar-refractivity contribution in [2.24, 2.45) is 0 Å². The van der Waals surface area contributed by atoms with Crippen molar-refractivity contribution in [3.63, 3.8) is 0 Å². The topological polar surface area (TPSA) is 68.6 Å². The maximum atomic E-state index is 12.3. The first-order valence-corrected chi connectivity index (χ1v) is 8.55. The summed E-state index contributed by atoms with van der Waals surface area (Å²) in [6.45, 7) is 2.58. The minimum Gasteiger partial charge on any atom is -0.492 e. The molecule has 1 aliphatic rings. The van der Waals surface area contributed by atoms with E-state index in [2.05, 4.69) is 10.4 Å². The Kier molecular flexibility index (Phi) is 5.90. The summed E-state index contributed by atoms with van der Waals surface area (Å²) in [7, 11) is 1.78. The first kappa shape index (κ1) is 17.3. The molecule has 0 radical (unpaired) electrons. The molecule has 1 atom stereocenters. The third kappa shape index (κ3) is 5.22. The highest BCUT2D eigenvalue weighted by Crippen LogP contribution is 2.18. The van der Waals surface area contributed by atoms with Crippen LogP contribution in [0.3, 0.4) is 0 Å². The quantitative estimate of drug-likeness (QED) is 0.838. The van der Waals surface area contributed by atoms with E-state index < -0.39 is 0 Å². The van der Waals surface area contributed by atoms with E-state index in [4.69, 9.17) is 9.47 Å². The molecule has 0 bridgehead atoms. The van der Waals surface area contributed by atoms with Crippen LogP contribution in [0.15, 0.2) is 42.7 Å². The Labute approximate surface area is 147 Å². The van der Waals surface area contributed by atoms with E-state index in [0.717, 1.165) is 19.4 Å². The first-order valence-electron chi connectivity index (χ1n) is 8.55. The van der Waals surface area contributed by atoms with Crippen molar-refractivity contribution >= 4 is 11.7 Å². The molecule has 1 fully saturated rings. The number of nitrogens with one attached hydrogen (secondary N) is 1. The van der Waals surface area contributed by atoms with Crippen molar-refractivity contribution < 1.29 is 14.3 Å². The Balaban J connectivity index is 1.47. The molecule has 3 rings (SSSR count). The largest absolute Gasteiger partial charge is 0.492 e. The molecule has 1 N–H and O–H groups in total. The van der Waals surface area contributed by atoms with Gasteiger partial charge in [-0.05, 0) is 31.0 Å². The van der Waals surface area contributed by atoms with Crippen LogP contribution >= 0.6 is 0 Å². The van der Waals surface area contributed by atoms with Crippen LogP contribution in [0.4, 0.5) is 10.5 Å². The maximum Gasteiger partial charge on any atom is 0.321 e. The van der Waals surface area contributed by atoms with Gasteiger partial charge in [0.1, 0.15) is 12.4 Å². The molecule has 1 aromatic carbocycles. The zero-order chi connectivity index (χ0) is 17.5. The molecule has 7 heteroatoms. The van der Waals surface area contributed by atoms with Gasteiger partial charge >= 0.3 is 6.03 Å². The fourth-order valence-corrected chi connectivity index (χ4v) is 2.75. The van der Waals surface area contributed by atoms with Crippen molar-refractivity contribution in [1.29, 1.82) is 0 Å². The van der Waals surface area contributed by atoms with Gasteiger partial charge in [-0.15, -0.1) is 0 Å². The lowest BCUT2D eigenvalue weighted by Gasteiger charge is -2.21. The molecule has 25 heavy (non-hydrogen) atoms. The number of aromatic nitrogens is 2. The highest BCUT2D eigenvalue weighted by atomic mass is 16.5.